The third-order valence-electron chi connectivity index (χ3n) is 3.17. The van der Waals surface area contributed by atoms with Crippen molar-refractivity contribution in [3.05, 3.63) is 18.0 Å². The SMILES string of the molecule is COCCNCc1cnn(C2CCCC2)c1.Cl. The van der Waals surface area contributed by atoms with E-state index < -0.39 is 0 Å². The molecule has 1 fully saturated rings. The Balaban J connectivity index is 0.00000144. The third-order valence-corrected chi connectivity index (χ3v) is 3.17. The smallest absolute Gasteiger partial charge is 0.0587 e. The van der Waals surface area contributed by atoms with Gasteiger partial charge in [0.2, 0.25) is 0 Å². The van der Waals surface area contributed by atoms with Crippen LogP contribution in [0.5, 0.6) is 0 Å². The molecule has 4 nitrogen and oxygen atoms in total. The van der Waals surface area contributed by atoms with Crippen molar-refractivity contribution in [1.29, 1.82) is 0 Å². The number of rotatable bonds is 6. The molecule has 1 saturated carbocycles. The summed E-state index contributed by atoms with van der Waals surface area (Å²) in [6.45, 7) is 2.54. The molecule has 17 heavy (non-hydrogen) atoms. The number of hydrogen-bond donors (Lipinski definition) is 1. The van der Waals surface area contributed by atoms with E-state index in [1.807, 2.05) is 6.20 Å². The zero-order chi connectivity index (χ0) is 11.2. The van der Waals surface area contributed by atoms with E-state index in [9.17, 15) is 0 Å². The lowest BCUT2D eigenvalue weighted by molar-refractivity contribution is 0.199. The van der Waals surface area contributed by atoms with E-state index in [0.29, 0.717) is 6.04 Å². The van der Waals surface area contributed by atoms with Crippen LogP contribution < -0.4 is 5.32 Å². The van der Waals surface area contributed by atoms with Crippen LogP contribution in [0.2, 0.25) is 0 Å². The average molecular weight is 260 g/mol. The molecule has 1 N–H and O–H groups in total. The van der Waals surface area contributed by atoms with Crippen molar-refractivity contribution in [1.82, 2.24) is 15.1 Å². The minimum atomic E-state index is 0. The molecular formula is C12H22ClN3O. The van der Waals surface area contributed by atoms with Crippen LogP contribution in [-0.4, -0.2) is 30.0 Å². The zero-order valence-electron chi connectivity index (χ0n) is 10.4. The molecule has 0 atom stereocenters. The van der Waals surface area contributed by atoms with Crippen molar-refractivity contribution in [2.45, 2.75) is 38.3 Å². The second-order valence-electron chi connectivity index (χ2n) is 4.44. The summed E-state index contributed by atoms with van der Waals surface area (Å²) >= 11 is 0. The summed E-state index contributed by atoms with van der Waals surface area (Å²) in [4.78, 5) is 0. The lowest BCUT2D eigenvalue weighted by atomic mass is 10.2. The number of hydrogen-bond acceptors (Lipinski definition) is 3. The van der Waals surface area contributed by atoms with Crippen LogP contribution in [0, 0.1) is 0 Å². The summed E-state index contributed by atoms with van der Waals surface area (Å²) in [6, 6.07) is 0.646. The van der Waals surface area contributed by atoms with Gasteiger partial charge in [-0.15, -0.1) is 12.4 Å². The van der Waals surface area contributed by atoms with Gasteiger partial charge < -0.3 is 10.1 Å². The van der Waals surface area contributed by atoms with Gasteiger partial charge in [-0.05, 0) is 12.8 Å². The normalized spacial score (nSPS) is 16.1. The van der Waals surface area contributed by atoms with Gasteiger partial charge in [0, 0.05) is 32.0 Å². The average Bonchev–Trinajstić information content (AvgIpc) is 2.94. The topological polar surface area (TPSA) is 39.1 Å². The van der Waals surface area contributed by atoms with Gasteiger partial charge in [0.25, 0.3) is 0 Å². The van der Waals surface area contributed by atoms with Gasteiger partial charge in [-0.3, -0.25) is 4.68 Å². The fraction of sp³-hybridized carbons (Fsp3) is 0.750. The molecule has 1 aliphatic rings. The molecular weight excluding hydrogens is 238 g/mol. The lowest BCUT2D eigenvalue weighted by Crippen LogP contribution is -2.18. The first-order valence-electron chi connectivity index (χ1n) is 6.13. The van der Waals surface area contributed by atoms with Crippen molar-refractivity contribution < 1.29 is 4.74 Å². The summed E-state index contributed by atoms with van der Waals surface area (Å²) in [5, 5.41) is 7.77. The Kier molecular flexibility index (Phi) is 6.55. The highest BCUT2D eigenvalue weighted by atomic mass is 35.5. The van der Waals surface area contributed by atoms with Crippen LogP contribution in [0.1, 0.15) is 37.3 Å². The fourth-order valence-electron chi connectivity index (χ4n) is 2.24. The van der Waals surface area contributed by atoms with Gasteiger partial charge in [0.15, 0.2) is 0 Å². The van der Waals surface area contributed by atoms with Crippen LogP contribution in [-0.2, 0) is 11.3 Å². The van der Waals surface area contributed by atoms with Crippen molar-refractivity contribution in [3.8, 4) is 0 Å². The molecule has 98 valence electrons. The number of ether oxygens (including phenoxy) is 1. The maximum Gasteiger partial charge on any atom is 0.0587 e. The number of methoxy groups -OCH3 is 1. The molecule has 0 aliphatic heterocycles. The highest BCUT2D eigenvalue weighted by Crippen LogP contribution is 2.28. The van der Waals surface area contributed by atoms with Gasteiger partial charge in [-0.2, -0.15) is 5.10 Å². The second kappa shape index (κ2) is 7.69. The predicted molar refractivity (Wildman–Crippen MR) is 70.6 cm³/mol. The molecule has 2 rings (SSSR count). The molecule has 0 spiro atoms. The van der Waals surface area contributed by atoms with Crippen molar-refractivity contribution >= 4 is 12.4 Å². The quantitative estimate of drug-likeness (QED) is 0.796. The molecule has 0 aromatic carbocycles. The summed E-state index contributed by atoms with van der Waals surface area (Å²) < 4.78 is 7.12. The zero-order valence-corrected chi connectivity index (χ0v) is 11.2. The molecule has 0 unspecified atom stereocenters. The number of nitrogens with zero attached hydrogens (tertiary/aromatic N) is 2. The van der Waals surface area contributed by atoms with Crippen molar-refractivity contribution in [3.63, 3.8) is 0 Å². The van der Waals surface area contributed by atoms with E-state index >= 15 is 0 Å². The van der Waals surface area contributed by atoms with Crippen LogP contribution in [0.3, 0.4) is 0 Å². The second-order valence-corrected chi connectivity index (χ2v) is 4.44. The van der Waals surface area contributed by atoms with E-state index in [2.05, 4.69) is 21.3 Å². The third kappa shape index (κ3) is 4.30. The van der Waals surface area contributed by atoms with E-state index in [-0.39, 0.29) is 12.4 Å². The molecule has 0 bridgehead atoms. The van der Waals surface area contributed by atoms with Crippen LogP contribution in [0.4, 0.5) is 0 Å². The number of nitrogens with one attached hydrogen (secondary N) is 1. The van der Waals surface area contributed by atoms with Crippen molar-refractivity contribution in [2.24, 2.45) is 0 Å². The Labute approximate surface area is 109 Å². The maximum absolute atomic E-state index is 4.98. The Bertz CT molecular complexity index is 310. The number of aromatic nitrogens is 2. The Morgan fingerprint density at radius 2 is 2.24 bits per heavy atom. The molecule has 1 aromatic heterocycles. The minimum absolute atomic E-state index is 0. The first kappa shape index (κ1) is 14.5. The minimum Gasteiger partial charge on any atom is -0.383 e. The standard InChI is InChI=1S/C12H21N3O.ClH/c1-16-7-6-13-8-11-9-14-15(10-11)12-4-2-3-5-12;/h9-10,12-13H,2-8H2,1H3;1H. The molecule has 0 radical (unpaired) electrons. The molecule has 1 heterocycles. The Morgan fingerprint density at radius 3 is 2.94 bits per heavy atom. The van der Waals surface area contributed by atoms with Gasteiger partial charge in [0.05, 0.1) is 18.8 Å². The predicted octanol–water partition coefficient (Wildman–Crippen LogP) is 2.16. The fourth-order valence-corrected chi connectivity index (χ4v) is 2.24. The maximum atomic E-state index is 4.98. The first-order valence-corrected chi connectivity index (χ1v) is 6.13. The summed E-state index contributed by atoms with van der Waals surface area (Å²) in [5.41, 5.74) is 1.27. The largest absolute Gasteiger partial charge is 0.383 e. The van der Waals surface area contributed by atoms with Crippen molar-refractivity contribution in [2.75, 3.05) is 20.3 Å². The van der Waals surface area contributed by atoms with Gasteiger partial charge in [0.1, 0.15) is 0 Å². The van der Waals surface area contributed by atoms with Crippen LogP contribution >= 0.6 is 12.4 Å². The van der Waals surface area contributed by atoms with Crippen LogP contribution in [0.25, 0.3) is 0 Å². The van der Waals surface area contributed by atoms with Gasteiger partial charge in [-0.25, -0.2) is 0 Å². The Morgan fingerprint density at radius 1 is 1.47 bits per heavy atom. The summed E-state index contributed by atoms with van der Waals surface area (Å²) in [5.74, 6) is 0. The molecule has 1 aromatic rings. The van der Waals surface area contributed by atoms with E-state index in [1.165, 1.54) is 31.2 Å². The van der Waals surface area contributed by atoms with E-state index in [0.717, 1.165) is 19.7 Å². The molecule has 5 heteroatoms. The summed E-state index contributed by atoms with van der Waals surface area (Å²) in [6.07, 6.45) is 9.43. The highest BCUT2D eigenvalue weighted by molar-refractivity contribution is 5.85. The molecule has 0 amide bonds. The van der Waals surface area contributed by atoms with E-state index in [1.54, 1.807) is 7.11 Å². The van der Waals surface area contributed by atoms with E-state index in [4.69, 9.17) is 4.74 Å². The summed E-state index contributed by atoms with van der Waals surface area (Å²) in [7, 11) is 1.72. The lowest BCUT2D eigenvalue weighted by Gasteiger charge is -2.08. The molecule has 0 saturated heterocycles. The Hall–Kier alpha value is -0.580. The van der Waals surface area contributed by atoms with Gasteiger partial charge >= 0.3 is 0 Å². The molecule has 1 aliphatic carbocycles. The monoisotopic (exact) mass is 259 g/mol. The number of halogens is 1. The highest BCUT2D eigenvalue weighted by Gasteiger charge is 2.17. The van der Waals surface area contributed by atoms with Crippen LogP contribution in [0.15, 0.2) is 12.4 Å². The first-order chi connectivity index (χ1) is 7.90. The van der Waals surface area contributed by atoms with Gasteiger partial charge in [-0.1, -0.05) is 12.8 Å².